The van der Waals surface area contributed by atoms with Crippen molar-refractivity contribution in [3.8, 4) is 0 Å². The number of alkyl halides is 3. The lowest BCUT2D eigenvalue weighted by Crippen LogP contribution is -2.48. The molecule has 4 rings (SSSR count). The standard InChI is InChI=1S/C24H30Cl3NO8/c1-22(2)32-11-14(34-22)10-15(29)17-19(33-21(28-17)24(25,26)27)18-16(35-23(3,4)36-18)12-31-20(30)13-8-6-5-7-9-13/h5-9,14-19,29H,10-12H2,1-4H3/t14-,15-,16+,17+,18+,19+/m0/s1. The van der Waals surface area contributed by atoms with Gasteiger partial charge in [0.1, 0.15) is 24.9 Å². The lowest BCUT2D eigenvalue weighted by atomic mass is 9.94. The van der Waals surface area contributed by atoms with Gasteiger partial charge in [0.05, 0.1) is 24.4 Å². The molecule has 1 aromatic rings. The number of nitrogens with zero attached hydrogens (tertiary/aromatic N) is 1. The van der Waals surface area contributed by atoms with Gasteiger partial charge >= 0.3 is 5.97 Å². The molecule has 3 aliphatic heterocycles. The predicted molar refractivity (Wildman–Crippen MR) is 132 cm³/mol. The molecule has 1 aromatic carbocycles. The summed E-state index contributed by atoms with van der Waals surface area (Å²) in [6.45, 7) is 7.24. The molecule has 0 bridgehead atoms. The first-order valence-electron chi connectivity index (χ1n) is 11.6. The van der Waals surface area contributed by atoms with E-state index in [2.05, 4.69) is 4.99 Å². The van der Waals surface area contributed by atoms with Crippen LogP contribution in [-0.2, 0) is 28.4 Å². The lowest BCUT2D eigenvalue weighted by Gasteiger charge is -2.29. The maximum absolute atomic E-state index is 12.5. The van der Waals surface area contributed by atoms with Gasteiger partial charge in [-0.1, -0.05) is 53.0 Å². The van der Waals surface area contributed by atoms with Crippen LogP contribution < -0.4 is 0 Å². The zero-order valence-corrected chi connectivity index (χ0v) is 22.6. The third kappa shape index (κ3) is 6.63. The highest BCUT2D eigenvalue weighted by atomic mass is 35.6. The molecule has 0 aromatic heterocycles. The van der Waals surface area contributed by atoms with Gasteiger partial charge in [0, 0.05) is 6.42 Å². The SMILES string of the molecule is CC1(C)OC[C@H](C[C@H](O)[C@H]2N=C(C(Cl)(Cl)Cl)O[C@H]2[C@@H]2OC(C)(C)O[C@@H]2COC(=O)c2ccccc2)O1. The number of carbonyl (C=O) groups is 1. The monoisotopic (exact) mass is 565 g/mol. The van der Waals surface area contributed by atoms with Crippen LogP contribution in [-0.4, -0.2) is 82.1 Å². The molecule has 12 heteroatoms. The molecule has 9 nitrogen and oxygen atoms in total. The highest BCUT2D eigenvalue weighted by molar-refractivity contribution is 6.76. The second-order valence-corrected chi connectivity index (χ2v) is 12.1. The molecular weight excluding hydrogens is 537 g/mol. The largest absolute Gasteiger partial charge is 0.469 e. The Morgan fingerprint density at radius 1 is 1.11 bits per heavy atom. The number of benzene rings is 1. The van der Waals surface area contributed by atoms with Crippen LogP contribution in [0.1, 0.15) is 44.5 Å². The van der Waals surface area contributed by atoms with Gasteiger partial charge in [0.2, 0.25) is 5.90 Å². The molecule has 2 fully saturated rings. The highest BCUT2D eigenvalue weighted by Gasteiger charge is 2.55. The molecule has 6 atom stereocenters. The van der Waals surface area contributed by atoms with E-state index in [0.29, 0.717) is 12.2 Å². The van der Waals surface area contributed by atoms with Crippen molar-refractivity contribution in [2.75, 3.05) is 13.2 Å². The van der Waals surface area contributed by atoms with Crippen molar-refractivity contribution in [3.63, 3.8) is 0 Å². The third-order valence-electron chi connectivity index (χ3n) is 5.99. The molecule has 0 unspecified atom stereocenters. The van der Waals surface area contributed by atoms with E-state index < -0.39 is 51.8 Å². The summed E-state index contributed by atoms with van der Waals surface area (Å²) in [5.41, 5.74) is 0.404. The minimum absolute atomic E-state index is 0.124. The lowest BCUT2D eigenvalue weighted by molar-refractivity contribution is -0.158. The summed E-state index contributed by atoms with van der Waals surface area (Å²) in [6, 6.07) is 7.73. The highest BCUT2D eigenvalue weighted by Crippen LogP contribution is 2.40. The summed E-state index contributed by atoms with van der Waals surface area (Å²) in [6.07, 6.45) is -3.61. The molecule has 200 valence electrons. The zero-order valence-electron chi connectivity index (χ0n) is 20.4. The van der Waals surface area contributed by atoms with E-state index in [9.17, 15) is 9.90 Å². The molecule has 2 saturated heterocycles. The second-order valence-electron chi connectivity index (χ2n) is 9.86. The van der Waals surface area contributed by atoms with Crippen LogP contribution in [0.4, 0.5) is 0 Å². The van der Waals surface area contributed by atoms with Crippen LogP contribution in [0.2, 0.25) is 0 Å². The number of aliphatic hydroxyl groups excluding tert-OH is 1. The van der Waals surface area contributed by atoms with E-state index in [1.807, 2.05) is 0 Å². The molecule has 36 heavy (non-hydrogen) atoms. The zero-order chi connectivity index (χ0) is 26.3. The van der Waals surface area contributed by atoms with Crippen molar-refractivity contribution >= 4 is 46.7 Å². The van der Waals surface area contributed by atoms with Crippen LogP contribution in [0.15, 0.2) is 35.3 Å². The average Bonchev–Trinajstić information content (AvgIpc) is 3.46. The van der Waals surface area contributed by atoms with E-state index in [0.717, 1.165) is 0 Å². The van der Waals surface area contributed by atoms with E-state index in [1.165, 1.54) is 0 Å². The van der Waals surface area contributed by atoms with Crippen LogP contribution >= 0.6 is 34.8 Å². The van der Waals surface area contributed by atoms with Crippen LogP contribution in [0, 0.1) is 0 Å². The number of aliphatic hydroxyl groups is 1. The maximum atomic E-state index is 12.5. The molecule has 3 aliphatic rings. The Labute approximate surface area is 224 Å². The number of rotatable bonds is 7. The van der Waals surface area contributed by atoms with E-state index in [1.54, 1.807) is 58.0 Å². The van der Waals surface area contributed by atoms with Crippen LogP contribution in [0.3, 0.4) is 0 Å². The molecule has 0 amide bonds. The maximum Gasteiger partial charge on any atom is 0.338 e. The first kappa shape index (κ1) is 27.9. The molecular formula is C24H30Cl3NO8. The first-order valence-corrected chi connectivity index (χ1v) is 12.8. The van der Waals surface area contributed by atoms with Crippen LogP contribution in [0.25, 0.3) is 0 Å². The fraction of sp³-hybridized carbons (Fsp3) is 0.667. The summed E-state index contributed by atoms with van der Waals surface area (Å²) in [5, 5.41) is 11.1. The van der Waals surface area contributed by atoms with Gasteiger partial charge in [-0.3, -0.25) is 0 Å². The van der Waals surface area contributed by atoms with Gasteiger partial charge in [-0.15, -0.1) is 0 Å². The van der Waals surface area contributed by atoms with Crippen molar-refractivity contribution < 1.29 is 38.3 Å². The summed E-state index contributed by atoms with van der Waals surface area (Å²) in [5.74, 6) is -2.45. The molecule has 0 aliphatic carbocycles. The Morgan fingerprint density at radius 2 is 1.81 bits per heavy atom. The normalized spacial score (nSPS) is 32.1. The Morgan fingerprint density at radius 3 is 2.42 bits per heavy atom. The molecule has 0 saturated carbocycles. The van der Waals surface area contributed by atoms with E-state index >= 15 is 0 Å². The summed E-state index contributed by atoms with van der Waals surface area (Å²) in [7, 11) is 0. The fourth-order valence-corrected chi connectivity index (χ4v) is 4.80. The number of aliphatic imine (C=N–C) groups is 1. The predicted octanol–water partition coefficient (Wildman–Crippen LogP) is 3.80. The van der Waals surface area contributed by atoms with Gasteiger partial charge in [0.15, 0.2) is 17.7 Å². The van der Waals surface area contributed by atoms with E-state index in [4.69, 9.17) is 63.2 Å². The number of esters is 1. The van der Waals surface area contributed by atoms with Crippen molar-refractivity contribution in [3.05, 3.63) is 35.9 Å². The average molecular weight is 567 g/mol. The van der Waals surface area contributed by atoms with Gasteiger partial charge in [0.25, 0.3) is 3.79 Å². The Balaban J connectivity index is 1.51. The van der Waals surface area contributed by atoms with Crippen molar-refractivity contribution in [1.82, 2.24) is 0 Å². The summed E-state index contributed by atoms with van der Waals surface area (Å²) >= 11 is 18.2. The Hall–Kier alpha value is -1.17. The van der Waals surface area contributed by atoms with Gasteiger partial charge in [-0.05, 0) is 39.8 Å². The van der Waals surface area contributed by atoms with Gasteiger partial charge in [-0.25, -0.2) is 9.79 Å². The van der Waals surface area contributed by atoms with Crippen molar-refractivity contribution in [2.45, 2.75) is 86.0 Å². The second kappa shape index (κ2) is 10.5. The Kier molecular flexibility index (Phi) is 8.15. The quantitative estimate of drug-likeness (QED) is 0.393. The number of hydrogen-bond acceptors (Lipinski definition) is 9. The smallest absolute Gasteiger partial charge is 0.338 e. The molecule has 0 radical (unpaired) electrons. The van der Waals surface area contributed by atoms with Crippen molar-refractivity contribution in [2.24, 2.45) is 4.99 Å². The number of carbonyl (C=O) groups excluding carboxylic acids is 1. The minimum atomic E-state index is -1.95. The third-order valence-corrected chi connectivity index (χ3v) is 6.48. The summed E-state index contributed by atoms with van der Waals surface area (Å²) in [4.78, 5) is 16.9. The topological polar surface area (TPSA) is 105 Å². The molecule has 0 spiro atoms. The number of hydrogen-bond donors (Lipinski definition) is 1. The van der Waals surface area contributed by atoms with E-state index in [-0.39, 0.29) is 25.0 Å². The first-order chi connectivity index (χ1) is 16.7. The molecule has 1 N–H and O–H groups in total. The minimum Gasteiger partial charge on any atom is -0.469 e. The van der Waals surface area contributed by atoms with Gasteiger partial charge < -0.3 is 33.5 Å². The van der Waals surface area contributed by atoms with Crippen LogP contribution in [0.5, 0.6) is 0 Å². The number of halogens is 3. The Bertz CT molecular complexity index is 968. The molecule has 3 heterocycles. The fourth-order valence-electron chi connectivity index (χ4n) is 4.52. The number of ether oxygens (including phenoxy) is 6. The van der Waals surface area contributed by atoms with Crippen molar-refractivity contribution in [1.29, 1.82) is 0 Å². The van der Waals surface area contributed by atoms with Gasteiger partial charge in [-0.2, -0.15) is 0 Å². The summed E-state index contributed by atoms with van der Waals surface area (Å²) < 4.78 is 33.1.